The first-order valence-corrected chi connectivity index (χ1v) is 9.42. The molecule has 1 aromatic carbocycles. The number of hydrogen-bond acceptors (Lipinski definition) is 3. The van der Waals surface area contributed by atoms with Crippen LogP contribution in [0.5, 0.6) is 5.75 Å². The van der Waals surface area contributed by atoms with Crippen LogP contribution in [0.1, 0.15) is 50.5 Å². The monoisotopic (exact) mass is 330 g/mol. The molecule has 1 saturated heterocycles. The molecule has 1 aliphatic carbocycles. The number of likely N-dealkylation sites (tertiary alicyclic amines) is 1. The van der Waals surface area contributed by atoms with Gasteiger partial charge in [-0.15, -0.1) is 0 Å². The number of rotatable bonds is 7. The van der Waals surface area contributed by atoms with Crippen molar-refractivity contribution in [2.45, 2.75) is 44.9 Å². The zero-order valence-corrected chi connectivity index (χ0v) is 14.7. The maximum atomic E-state index is 12.2. The van der Waals surface area contributed by atoms with Crippen LogP contribution in [0.15, 0.2) is 24.3 Å². The van der Waals surface area contributed by atoms with Crippen molar-refractivity contribution in [1.29, 1.82) is 0 Å². The zero-order valence-electron chi connectivity index (χ0n) is 14.7. The lowest BCUT2D eigenvalue weighted by Gasteiger charge is -2.30. The number of piperidine rings is 1. The molecule has 2 fully saturated rings. The van der Waals surface area contributed by atoms with Gasteiger partial charge >= 0.3 is 0 Å². The number of nitrogens with zero attached hydrogens (tertiary/aromatic N) is 1. The minimum Gasteiger partial charge on any atom is -0.508 e. The maximum Gasteiger partial charge on any atom is 0.223 e. The van der Waals surface area contributed by atoms with Gasteiger partial charge in [-0.05, 0) is 81.3 Å². The van der Waals surface area contributed by atoms with E-state index in [1.165, 1.54) is 25.9 Å². The van der Waals surface area contributed by atoms with Crippen LogP contribution in [0.3, 0.4) is 0 Å². The number of phenols is 1. The van der Waals surface area contributed by atoms with Gasteiger partial charge in [-0.3, -0.25) is 4.79 Å². The quantitative estimate of drug-likeness (QED) is 0.755. The second-order valence-corrected chi connectivity index (χ2v) is 7.57. The molecule has 2 atom stereocenters. The van der Waals surface area contributed by atoms with Gasteiger partial charge in [0, 0.05) is 12.5 Å². The molecule has 0 radical (unpaired) electrons. The molecule has 3 rings (SSSR count). The normalized spacial score (nSPS) is 24.7. The highest BCUT2D eigenvalue weighted by Gasteiger charge is 2.43. The summed E-state index contributed by atoms with van der Waals surface area (Å²) < 4.78 is 0. The molecule has 1 aromatic rings. The minimum atomic E-state index is 0.0929. The molecule has 4 nitrogen and oxygen atoms in total. The SMILES string of the molecule is CC1CCN(CCCCNC(=O)C2CC2c2cccc(O)c2)CC1. The number of amides is 1. The van der Waals surface area contributed by atoms with E-state index in [1.54, 1.807) is 12.1 Å². The third kappa shape index (κ3) is 4.73. The lowest BCUT2D eigenvalue weighted by atomic mass is 9.99. The van der Waals surface area contributed by atoms with Crippen LogP contribution in [0.2, 0.25) is 0 Å². The van der Waals surface area contributed by atoms with E-state index in [9.17, 15) is 9.90 Å². The first-order chi connectivity index (χ1) is 11.6. The molecule has 1 heterocycles. The lowest BCUT2D eigenvalue weighted by molar-refractivity contribution is -0.122. The first-order valence-electron chi connectivity index (χ1n) is 9.42. The largest absolute Gasteiger partial charge is 0.508 e. The minimum absolute atomic E-state index is 0.0929. The Labute approximate surface area is 145 Å². The highest BCUT2D eigenvalue weighted by atomic mass is 16.3. The van der Waals surface area contributed by atoms with Crippen LogP contribution in [-0.4, -0.2) is 42.1 Å². The third-order valence-electron chi connectivity index (χ3n) is 5.50. The Kier molecular flexibility index (Phi) is 5.77. The van der Waals surface area contributed by atoms with Gasteiger partial charge < -0.3 is 15.3 Å². The average Bonchev–Trinajstić information content (AvgIpc) is 3.37. The summed E-state index contributed by atoms with van der Waals surface area (Å²) in [5.41, 5.74) is 1.08. The number of hydrogen-bond donors (Lipinski definition) is 2. The fraction of sp³-hybridized carbons (Fsp3) is 0.650. The molecular formula is C20H30N2O2. The van der Waals surface area contributed by atoms with Gasteiger partial charge in [0.1, 0.15) is 5.75 Å². The molecule has 132 valence electrons. The van der Waals surface area contributed by atoms with E-state index in [2.05, 4.69) is 17.1 Å². The van der Waals surface area contributed by atoms with Crippen molar-refractivity contribution < 1.29 is 9.90 Å². The van der Waals surface area contributed by atoms with E-state index in [1.807, 2.05) is 12.1 Å². The molecule has 0 bridgehead atoms. The average molecular weight is 330 g/mol. The van der Waals surface area contributed by atoms with Gasteiger partial charge in [0.2, 0.25) is 5.91 Å². The number of aromatic hydroxyl groups is 1. The molecular weight excluding hydrogens is 300 g/mol. The standard InChI is InChI=1S/C20H30N2O2/c1-15-7-11-22(12-8-15)10-3-2-9-21-20(24)19-14-18(19)16-5-4-6-17(23)13-16/h4-6,13,15,18-19,23H,2-3,7-12,14H2,1H3,(H,21,24). The molecule has 2 N–H and O–H groups in total. The smallest absolute Gasteiger partial charge is 0.223 e. The predicted octanol–water partition coefficient (Wildman–Crippen LogP) is 3.12. The number of carbonyl (C=O) groups excluding carboxylic acids is 1. The summed E-state index contributed by atoms with van der Waals surface area (Å²) in [5.74, 6) is 1.72. The van der Waals surface area contributed by atoms with Crippen molar-refractivity contribution in [1.82, 2.24) is 10.2 Å². The molecule has 1 saturated carbocycles. The number of carbonyl (C=O) groups is 1. The Bertz CT molecular complexity index is 552. The maximum absolute atomic E-state index is 12.2. The van der Waals surface area contributed by atoms with Crippen molar-refractivity contribution in [3.05, 3.63) is 29.8 Å². The van der Waals surface area contributed by atoms with Gasteiger partial charge in [-0.25, -0.2) is 0 Å². The Morgan fingerprint density at radius 1 is 1.29 bits per heavy atom. The van der Waals surface area contributed by atoms with Gasteiger partial charge in [-0.2, -0.15) is 0 Å². The predicted molar refractivity (Wildman–Crippen MR) is 96.0 cm³/mol. The zero-order chi connectivity index (χ0) is 16.9. The van der Waals surface area contributed by atoms with Crippen molar-refractivity contribution in [2.24, 2.45) is 11.8 Å². The molecule has 1 amide bonds. The number of unbranched alkanes of at least 4 members (excludes halogenated alkanes) is 1. The molecule has 24 heavy (non-hydrogen) atoms. The summed E-state index contributed by atoms with van der Waals surface area (Å²) in [6, 6.07) is 7.29. The van der Waals surface area contributed by atoms with Crippen LogP contribution in [0, 0.1) is 11.8 Å². The van der Waals surface area contributed by atoms with E-state index in [4.69, 9.17) is 0 Å². The number of phenolic OH excluding ortho intramolecular Hbond substituents is 1. The summed E-state index contributed by atoms with van der Waals surface area (Å²) in [6.45, 7) is 6.77. The first kappa shape index (κ1) is 17.3. The van der Waals surface area contributed by atoms with Gasteiger partial charge in [0.15, 0.2) is 0 Å². The van der Waals surface area contributed by atoms with E-state index >= 15 is 0 Å². The van der Waals surface area contributed by atoms with Crippen molar-refractivity contribution in [2.75, 3.05) is 26.2 Å². The Morgan fingerprint density at radius 2 is 2.08 bits per heavy atom. The highest BCUT2D eigenvalue weighted by molar-refractivity contribution is 5.82. The second-order valence-electron chi connectivity index (χ2n) is 7.57. The summed E-state index contributed by atoms with van der Waals surface area (Å²) in [7, 11) is 0. The van der Waals surface area contributed by atoms with E-state index in [0.29, 0.717) is 0 Å². The fourth-order valence-corrected chi connectivity index (χ4v) is 3.70. The van der Waals surface area contributed by atoms with Crippen molar-refractivity contribution in [3.63, 3.8) is 0 Å². The molecule has 0 aromatic heterocycles. The van der Waals surface area contributed by atoms with Crippen LogP contribution >= 0.6 is 0 Å². The Morgan fingerprint density at radius 3 is 2.83 bits per heavy atom. The fourth-order valence-electron chi connectivity index (χ4n) is 3.70. The van der Waals surface area contributed by atoms with E-state index < -0.39 is 0 Å². The van der Waals surface area contributed by atoms with E-state index in [0.717, 1.165) is 43.8 Å². The number of benzene rings is 1. The Balaban J connectivity index is 1.28. The van der Waals surface area contributed by atoms with Crippen LogP contribution in [0.25, 0.3) is 0 Å². The van der Waals surface area contributed by atoms with Gasteiger partial charge in [-0.1, -0.05) is 19.1 Å². The summed E-state index contributed by atoms with van der Waals surface area (Å²) in [4.78, 5) is 14.7. The van der Waals surface area contributed by atoms with Crippen molar-refractivity contribution in [3.8, 4) is 5.75 Å². The van der Waals surface area contributed by atoms with Gasteiger partial charge in [0.05, 0.1) is 0 Å². The highest BCUT2D eigenvalue weighted by Crippen LogP contribution is 2.48. The third-order valence-corrected chi connectivity index (χ3v) is 5.50. The summed E-state index contributed by atoms with van der Waals surface area (Å²) in [6.07, 6.45) is 5.78. The van der Waals surface area contributed by atoms with Gasteiger partial charge in [0.25, 0.3) is 0 Å². The lowest BCUT2D eigenvalue weighted by Crippen LogP contribution is -2.34. The molecule has 1 aliphatic heterocycles. The van der Waals surface area contributed by atoms with Crippen LogP contribution < -0.4 is 5.32 Å². The topological polar surface area (TPSA) is 52.6 Å². The van der Waals surface area contributed by atoms with Crippen LogP contribution in [0.4, 0.5) is 0 Å². The second kappa shape index (κ2) is 8.02. The summed E-state index contributed by atoms with van der Waals surface area (Å²) in [5, 5.41) is 12.6. The molecule has 0 spiro atoms. The molecule has 2 aliphatic rings. The summed E-state index contributed by atoms with van der Waals surface area (Å²) >= 11 is 0. The Hall–Kier alpha value is -1.55. The molecule has 2 unspecified atom stereocenters. The number of nitrogens with one attached hydrogen (secondary N) is 1. The van der Waals surface area contributed by atoms with Crippen LogP contribution in [-0.2, 0) is 4.79 Å². The molecule has 4 heteroatoms. The van der Waals surface area contributed by atoms with E-state index in [-0.39, 0.29) is 23.5 Å². The van der Waals surface area contributed by atoms with Crippen molar-refractivity contribution >= 4 is 5.91 Å².